The molecule has 0 saturated heterocycles. The van der Waals surface area contributed by atoms with E-state index in [2.05, 4.69) is 30.3 Å². The van der Waals surface area contributed by atoms with Crippen LogP contribution in [-0.2, 0) is 0 Å². The van der Waals surface area contributed by atoms with Crippen LogP contribution in [0.3, 0.4) is 0 Å². The molecule has 1 fully saturated rings. The van der Waals surface area contributed by atoms with E-state index in [1.54, 1.807) is 0 Å². The summed E-state index contributed by atoms with van der Waals surface area (Å²) in [6, 6.07) is 18.6. The van der Waals surface area contributed by atoms with Crippen molar-refractivity contribution < 1.29 is 9.52 Å². The Morgan fingerprint density at radius 2 is 1.96 bits per heavy atom. The molecule has 4 rings (SSSR count). The topological polar surface area (TPSA) is 59.4 Å². The van der Waals surface area contributed by atoms with E-state index in [9.17, 15) is 5.11 Å². The van der Waals surface area contributed by atoms with Crippen LogP contribution in [0.2, 0.25) is 0 Å². The molecular formula is C20H21NO2. The largest absolute Gasteiger partial charge is 0.456 e. The molecular weight excluding hydrogens is 286 g/mol. The molecule has 0 bridgehead atoms. The molecule has 1 heterocycles. The second kappa shape index (κ2) is 5.52. The van der Waals surface area contributed by atoms with Crippen LogP contribution in [0, 0.1) is 0 Å². The number of benzene rings is 2. The number of nitrogens with two attached hydrogens (primary N) is 1. The van der Waals surface area contributed by atoms with Crippen LogP contribution in [-0.4, -0.2) is 17.3 Å². The third-order valence-corrected chi connectivity index (χ3v) is 5.03. The average Bonchev–Trinajstić information content (AvgIpc) is 3.19. The molecule has 3 heteroatoms. The fourth-order valence-electron chi connectivity index (χ4n) is 3.65. The molecule has 0 spiro atoms. The minimum atomic E-state index is -0.411. The Balaban J connectivity index is 1.67. The lowest BCUT2D eigenvalue weighted by atomic mass is 9.93. The van der Waals surface area contributed by atoms with Crippen molar-refractivity contribution in [3.63, 3.8) is 0 Å². The van der Waals surface area contributed by atoms with E-state index in [1.807, 2.05) is 24.3 Å². The van der Waals surface area contributed by atoms with Crippen molar-refractivity contribution in [2.24, 2.45) is 5.73 Å². The van der Waals surface area contributed by atoms with Gasteiger partial charge in [0.2, 0.25) is 0 Å². The van der Waals surface area contributed by atoms with Crippen LogP contribution < -0.4 is 5.73 Å². The van der Waals surface area contributed by atoms with Crippen molar-refractivity contribution in [3.8, 4) is 11.3 Å². The van der Waals surface area contributed by atoms with Gasteiger partial charge in [-0.2, -0.15) is 0 Å². The Hall–Kier alpha value is -2.10. The summed E-state index contributed by atoms with van der Waals surface area (Å²) >= 11 is 0. The molecule has 1 aliphatic carbocycles. The van der Waals surface area contributed by atoms with Gasteiger partial charge in [-0.25, -0.2) is 0 Å². The van der Waals surface area contributed by atoms with Gasteiger partial charge >= 0.3 is 0 Å². The fourth-order valence-corrected chi connectivity index (χ4v) is 3.65. The number of rotatable bonds is 3. The van der Waals surface area contributed by atoms with Gasteiger partial charge in [0.25, 0.3) is 0 Å². The molecule has 0 unspecified atom stereocenters. The van der Waals surface area contributed by atoms with Gasteiger partial charge in [-0.05, 0) is 48.9 Å². The normalized spacial score (nSPS) is 24.3. The van der Waals surface area contributed by atoms with E-state index >= 15 is 0 Å². The van der Waals surface area contributed by atoms with Gasteiger partial charge in [0.1, 0.15) is 11.3 Å². The molecule has 3 aromatic rings. The Bertz CT molecular complexity index is 824. The zero-order valence-electron chi connectivity index (χ0n) is 13.0. The monoisotopic (exact) mass is 307 g/mol. The molecule has 3 N–H and O–H groups in total. The first-order valence-corrected chi connectivity index (χ1v) is 8.16. The second-order valence-corrected chi connectivity index (χ2v) is 6.73. The number of aliphatic hydroxyl groups excluding tert-OH is 1. The van der Waals surface area contributed by atoms with Crippen molar-refractivity contribution >= 4 is 11.0 Å². The van der Waals surface area contributed by atoms with E-state index in [0.717, 1.165) is 41.6 Å². The maximum absolute atomic E-state index is 9.45. The summed E-state index contributed by atoms with van der Waals surface area (Å²) in [5, 5.41) is 10.6. The van der Waals surface area contributed by atoms with Crippen molar-refractivity contribution in [2.45, 2.75) is 30.7 Å². The highest BCUT2D eigenvalue weighted by Gasteiger charge is 2.35. The number of hydrogen-bond donors (Lipinski definition) is 2. The summed E-state index contributed by atoms with van der Waals surface area (Å²) in [5.41, 5.74) is 9.09. The fraction of sp³-hybridized carbons (Fsp3) is 0.300. The Labute approximate surface area is 135 Å². The average molecular weight is 307 g/mol. The molecule has 23 heavy (non-hydrogen) atoms. The minimum absolute atomic E-state index is 0.0651. The standard InChI is InChI=1S/C20H21NO2/c21-20(13-22)9-8-16(12-20)15-6-7-18-17(10-15)11-19(23-18)14-4-2-1-3-5-14/h1-7,10-11,16,22H,8-9,12-13,21H2/t16-,20-/m1/s1. The third kappa shape index (κ3) is 2.67. The molecule has 3 nitrogen and oxygen atoms in total. The van der Waals surface area contributed by atoms with Gasteiger partial charge in [-0.15, -0.1) is 0 Å². The SMILES string of the molecule is N[C@]1(CO)CC[C@@H](c2ccc3oc(-c4ccccc4)cc3c2)C1. The molecule has 0 amide bonds. The molecule has 0 radical (unpaired) electrons. The molecule has 1 aromatic heterocycles. The van der Waals surface area contributed by atoms with Crippen LogP contribution in [0.25, 0.3) is 22.3 Å². The minimum Gasteiger partial charge on any atom is -0.456 e. The molecule has 1 aliphatic rings. The summed E-state index contributed by atoms with van der Waals surface area (Å²) < 4.78 is 5.97. The first kappa shape index (κ1) is 14.5. The smallest absolute Gasteiger partial charge is 0.135 e. The van der Waals surface area contributed by atoms with Crippen molar-refractivity contribution in [1.82, 2.24) is 0 Å². The number of aliphatic hydroxyl groups is 1. The van der Waals surface area contributed by atoms with E-state index in [0.29, 0.717) is 5.92 Å². The molecule has 1 saturated carbocycles. The lowest BCUT2D eigenvalue weighted by molar-refractivity contribution is 0.198. The van der Waals surface area contributed by atoms with Gasteiger partial charge < -0.3 is 15.3 Å². The van der Waals surface area contributed by atoms with Crippen LogP contribution in [0.1, 0.15) is 30.7 Å². The zero-order valence-corrected chi connectivity index (χ0v) is 13.0. The summed E-state index contributed by atoms with van der Waals surface area (Å²) in [5.74, 6) is 1.32. The van der Waals surface area contributed by atoms with E-state index in [4.69, 9.17) is 10.2 Å². The summed E-state index contributed by atoms with van der Waals surface area (Å²) in [6.45, 7) is 0.0651. The van der Waals surface area contributed by atoms with E-state index < -0.39 is 5.54 Å². The van der Waals surface area contributed by atoms with Gasteiger partial charge in [-0.1, -0.05) is 36.4 Å². The number of furan rings is 1. The molecule has 2 atom stereocenters. The van der Waals surface area contributed by atoms with Gasteiger partial charge in [-0.3, -0.25) is 0 Å². The highest BCUT2D eigenvalue weighted by atomic mass is 16.3. The Morgan fingerprint density at radius 1 is 1.13 bits per heavy atom. The summed E-state index contributed by atoms with van der Waals surface area (Å²) in [7, 11) is 0. The summed E-state index contributed by atoms with van der Waals surface area (Å²) in [4.78, 5) is 0. The zero-order chi connectivity index (χ0) is 15.9. The predicted molar refractivity (Wildman–Crippen MR) is 92.2 cm³/mol. The molecule has 2 aromatic carbocycles. The van der Waals surface area contributed by atoms with Crippen molar-refractivity contribution in [3.05, 3.63) is 60.2 Å². The second-order valence-electron chi connectivity index (χ2n) is 6.73. The first-order valence-electron chi connectivity index (χ1n) is 8.16. The lowest BCUT2D eigenvalue weighted by Gasteiger charge is -2.20. The first-order chi connectivity index (χ1) is 11.2. The maximum Gasteiger partial charge on any atom is 0.135 e. The quantitative estimate of drug-likeness (QED) is 0.767. The highest BCUT2D eigenvalue weighted by molar-refractivity contribution is 5.83. The van der Waals surface area contributed by atoms with E-state index in [1.165, 1.54) is 5.56 Å². The van der Waals surface area contributed by atoms with Crippen LogP contribution >= 0.6 is 0 Å². The Kier molecular flexibility index (Phi) is 3.47. The third-order valence-electron chi connectivity index (χ3n) is 5.03. The van der Waals surface area contributed by atoms with Crippen LogP contribution in [0.4, 0.5) is 0 Å². The summed E-state index contributed by atoms with van der Waals surface area (Å²) in [6.07, 6.45) is 2.76. The van der Waals surface area contributed by atoms with Crippen LogP contribution in [0.15, 0.2) is 59.0 Å². The van der Waals surface area contributed by atoms with Crippen LogP contribution in [0.5, 0.6) is 0 Å². The number of hydrogen-bond acceptors (Lipinski definition) is 3. The highest BCUT2D eigenvalue weighted by Crippen LogP contribution is 2.40. The number of fused-ring (bicyclic) bond motifs is 1. The lowest BCUT2D eigenvalue weighted by Crippen LogP contribution is -2.40. The van der Waals surface area contributed by atoms with Gasteiger partial charge in [0.15, 0.2) is 0 Å². The van der Waals surface area contributed by atoms with Gasteiger partial charge in [0, 0.05) is 16.5 Å². The van der Waals surface area contributed by atoms with Crippen molar-refractivity contribution in [1.29, 1.82) is 0 Å². The maximum atomic E-state index is 9.45. The van der Waals surface area contributed by atoms with Crippen molar-refractivity contribution in [2.75, 3.05) is 6.61 Å². The molecule has 118 valence electrons. The predicted octanol–water partition coefficient (Wildman–Crippen LogP) is 4.06. The van der Waals surface area contributed by atoms with Gasteiger partial charge in [0.05, 0.1) is 6.61 Å². The Morgan fingerprint density at radius 3 is 2.70 bits per heavy atom. The van der Waals surface area contributed by atoms with E-state index in [-0.39, 0.29) is 6.61 Å². The molecule has 0 aliphatic heterocycles.